The van der Waals surface area contributed by atoms with Crippen molar-refractivity contribution in [2.45, 2.75) is 32.1 Å². The summed E-state index contributed by atoms with van der Waals surface area (Å²) < 4.78 is 10.5. The van der Waals surface area contributed by atoms with Crippen LogP contribution in [0.15, 0.2) is 18.2 Å². The molecule has 0 heterocycles. The first-order valence-electron chi connectivity index (χ1n) is 6.18. The topological polar surface area (TPSA) is 44.5 Å². The predicted molar refractivity (Wildman–Crippen MR) is 70.9 cm³/mol. The van der Waals surface area contributed by atoms with Crippen LogP contribution in [0.25, 0.3) is 0 Å². The van der Waals surface area contributed by atoms with Crippen LogP contribution in [-0.4, -0.2) is 20.8 Å². The zero-order chi connectivity index (χ0) is 12.7. The third kappa shape index (κ3) is 3.63. The van der Waals surface area contributed by atoms with Gasteiger partial charge in [0.2, 0.25) is 0 Å². The summed E-state index contributed by atoms with van der Waals surface area (Å²) in [5.41, 5.74) is 7.07. The average Bonchev–Trinajstić information content (AvgIpc) is 2.39. The molecule has 0 spiro atoms. The van der Waals surface area contributed by atoms with E-state index in [2.05, 4.69) is 13.0 Å². The molecule has 0 saturated carbocycles. The fourth-order valence-corrected chi connectivity index (χ4v) is 1.98. The highest BCUT2D eigenvalue weighted by molar-refractivity contribution is 5.44. The molecule has 0 fully saturated rings. The van der Waals surface area contributed by atoms with Gasteiger partial charge >= 0.3 is 0 Å². The molecular formula is C14H23NO2. The molecule has 3 nitrogen and oxygen atoms in total. The lowest BCUT2D eigenvalue weighted by Crippen LogP contribution is -2.12. The molecule has 2 N–H and O–H groups in total. The average molecular weight is 237 g/mol. The SMILES string of the molecule is CCCCC(CN)c1ccc(OC)c(OC)c1. The number of unbranched alkanes of at least 4 members (excludes halogenated alkanes) is 1. The summed E-state index contributed by atoms with van der Waals surface area (Å²) in [5, 5.41) is 0. The van der Waals surface area contributed by atoms with Gasteiger partial charge in [-0.1, -0.05) is 25.8 Å². The van der Waals surface area contributed by atoms with E-state index in [1.54, 1.807) is 14.2 Å². The molecule has 0 bridgehead atoms. The van der Waals surface area contributed by atoms with Crippen LogP contribution in [0.4, 0.5) is 0 Å². The van der Waals surface area contributed by atoms with Crippen molar-refractivity contribution in [1.29, 1.82) is 0 Å². The second kappa shape index (κ2) is 7.17. The smallest absolute Gasteiger partial charge is 0.160 e. The minimum absolute atomic E-state index is 0.412. The number of ether oxygens (including phenoxy) is 2. The van der Waals surface area contributed by atoms with Crippen molar-refractivity contribution in [1.82, 2.24) is 0 Å². The molecule has 0 aliphatic carbocycles. The van der Waals surface area contributed by atoms with E-state index < -0.39 is 0 Å². The minimum atomic E-state index is 0.412. The molecule has 0 amide bonds. The van der Waals surface area contributed by atoms with Gasteiger partial charge in [0.05, 0.1) is 14.2 Å². The quantitative estimate of drug-likeness (QED) is 0.793. The van der Waals surface area contributed by atoms with Gasteiger partial charge in [0.1, 0.15) is 0 Å². The van der Waals surface area contributed by atoms with Crippen molar-refractivity contribution in [2.75, 3.05) is 20.8 Å². The first-order valence-corrected chi connectivity index (χ1v) is 6.18. The van der Waals surface area contributed by atoms with Crippen LogP contribution in [0, 0.1) is 0 Å². The second-order valence-corrected chi connectivity index (χ2v) is 4.19. The Hall–Kier alpha value is -1.22. The summed E-state index contributed by atoms with van der Waals surface area (Å²) >= 11 is 0. The molecule has 1 rings (SSSR count). The number of benzene rings is 1. The van der Waals surface area contributed by atoms with Crippen LogP contribution >= 0.6 is 0 Å². The Balaban J connectivity index is 2.88. The lowest BCUT2D eigenvalue weighted by molar-refractivity contribution is 0.354. The van der Waals surface area contributed by atoms with E-state index in [0.717, 1.165) is 17.9 Å². The first-order chi connectivity index (χ1) is 8.26. The second-order valence-electron chi connectivity index (χ2n) is 4.19. The Morgan fingerprint density at radius 2 is 1.88 bits per heavy atom. The number of hydrogen-bond acceptors (Lipinski definition) is 3. The van der Waals surface area contributed by atoms with Crippen molar-refractivity contribution >= 4 is 0 Å². The number of hydrogen-bond donors (Lipinski definition) is 1. The molecule has 1 aromatic rings. The maximum absolute atomic E-state index is 5.84. The van der Waals surface area contributed by atoms with Crippen molar-refractivity contribution in [3.8, 4) is 11.5 Å². The normalized spacial score (nSPS) is 12.2. The van der Waals surface area contributed by atoms with E-state index in [1.165, 1.54) is 18.4 Å². The highest BCUT2D eigenvalue weighted by Crippen LogP contribution is 2.31. The zero-order valence-corrected chi connectivity index (χ0v) is 11.0. The van der Waals surface area contributed by atoms with Crippen LogP contribution in [0.1, 0.15) is 37.7 Å². The molecule has 0 radical (unpaired) electrons. The lowest BCUT2D eigenvalue weighted by Gasteiger charge is -2.17. The standard InChI is InChI=1S/C14H23NO2/c1-4-5-6-12(10-15)11-7-8-13(16-2)14(9-11)17-3/h7-9,12H,4-6,10,15H2,1-3H3. The van der Waals surface area contributed by atoms with E-state index in [4.69, 9.17) is 15.2 Å². The van der Waals surface area contributed by atoms with Gasteiger partial charge in [-0.2, -0.15) is 0 Å². The molecule has 1 unspecified atom stereocenters. The molecule has 17 heavy (non-hydrogen) atoms. The number of rotatable bonds is 7. The van der Waals surface area contributed by atoms with Crippen molar-refractivity contribution in [3.05, 3.63) is 23.8 Å². The van der Waals surface area contributed by atoms with Crippen LogP contribution in [-0.2, 0) is 0 Å². The Bertz CT molecular complexity index is 339. The molecule has 0 aliphatic heterocycles. The Kier molecular flexibility index (Phi) is 5.84. The minimum Gasteiger partial charge on any atom is -0.493 e. The van der Waals surface area contributed by atoms with Gasteiger partial charge in [0, 0.05) is 0 Å². The summed E-state index contributed by atoms with van der Waals surface area (Å²) in [6, 6.07) is 6.06. The molecule has 1 aromatic carbocycles. The van der Waals surface area contributed by atoms with Gasteiger partial charge in [0.25, 0.3) is 0 Å². The van der Waals surface area contributed by atoms with Crippen LogP contribution < -0.4 is 15.2 Å². The summed E-state index contributed by atoms with van der Waals surface area (Å²) in [6.07, 6.45) is 3.53. The molecule has 96 valence electrons. The zero-order valence-electron chi connectivity index (χ0n) is 11.0. The summed E-state index contributed by atoms with van der Waals surface area (Å²) in [4.78, 5) is 0. The predicted octanol–water partition coefficient (Wildman–Crippen LogP) is 2.94. The maximum Gasteiger partial charge on any atom is 0.160 e. The molecule has 0 saturated heterocycles. The van der Waals surface area contributed by atoms with E-state index in [1.807, 2.05) is 12.1 Å². The summed E-state index contributed by atoms with van der Waals surface area (Å²) in [6.45, 7) is 2.87. The Morgan fingerprint density at radius 3 is 2.41 bits per heavy atom. The van der Waals surface area contributed by atoms with Crippen LogP contribution in [0.3, 0.4) is 0 Å². The Labute approximate surface area is 104 Å². The monoisotopic (exact) mass is 237 g/mol. The van der Waals surface area contributed by atoms with E-state index in [-0.39, 0.29) is 0 Å². The largest absolute Gasteiger partial charge is 0.493 e. The van der Waals surface area contributed by atoms with Gasteiger partial charge in [-0.15, -0.1) is 0 Å². The lowest BCUT2D eigenvalue weighted by atomic mass is 9.93. The first kappa shape index (κ1) is 13.8. The molecular weight excluding hydrogens is 214 g/mol. The molecule has 0 aliphatic rings. The molecule has 0 aromatic heterocycles. The summed E-state index contributed by atoms with van der Waals surface area (Å²) in [7, 11) is 3.31. The third-order valence-corrected chi connectivity index (χ3v) is 3.07. The van der Waals surface area contributed by atoms with E-state index in [0.29, 0.717) is 12.5 Å². The third-order valence-electron chi connectivity index (χ3n) is 3.07. The highest BCUT2D eigenvalue weighted by Gasteiger charge is 2.12. The van der Waals surface area contributed by atoms with Crippen LogP contribution in [0.5, 0.6) is 11.5 Å². The fraction of sp³-hybridized carbons (Fsp3) is 0.571. The molecule has 1 atom stereocenters. The Morgan fingerprint density at radius 1 is 1.18 bits per heavy atom. The van der Waals surface area contributed by atoms with Crippen molar-refractivity contribution in [3.63, 3.8) is 0 Å². The maximum atomic E-state index is 5.84. The van der Waals surface area contributed by atoms with Crippen molar-refractivity contribution in [2.24, 2.45) is 5.73 Å². The van der Waals surface area contributed by atoms with Gasteiger partial charge in [0.15, 0.2) is 11.5 Å². The summed E-state index contributed by atoms with van der Waals surface area (Å²) in [5.74, 6) is 1.96. The van der Waals surface area contributed by atoms with E-state index >= 15 is 0 Å². The highest BCUT2D eigenvalue weighted by atomic mass is 16.5. The van der Waals surface area contributed by atoms with Crippen molar-refractivity contribution < 1.29 is 9.47 Å². The number of nitrogens with two attached hydrogens (primary N) is 1. The van der Waals surface area contributed by atoms with Gasteiger partial charge in [-0.05, 0) is 36.6 Å². The van der Waals surface area contributed by atoms with Gasteiger partial charge in [-0.3, -0.25) is 0 Å². The van der Waals surface area contributed by atoms with E-state index in [9.17, 15) is 0 Å². The van der Waals surface area contributed by atoms with Crippen LogP contribution in [0.2, 0.25) is 0 Å². The van der Waals surface area contributed by atoms with Gasteiger partial charge < -0.3 is 15.2 Å². The number of methoxy groups -OCH3 is 2. The fourth-order valence-electron chi connectivity index (χ4n) is 1.98. The molecule has 3 heteroatoms. The van der Waals surface area contributed by atoms with Gasteiger partial charge in [-0.25, -0.2) is 0 Å².